The molecule has 0 saturated carbocycles. The lowest BCUT2D eigenvalue weighted by atomic mass is 10.2. The molecule has 0 spiro atoms. The monoisotopic (exact) mass is 310 g/mol. The fourth-order valence-electron chi connectivity index (χ4n) is 1.69. The number of para-hydroxylation sites is 1. The van der Waals surface area contributed by atoms with E-state index in [1.165, 1.54) is 0 Å². The van der Waals surface area contributed by atoms with Crippen molar-refractivity contribution in [3.63, 3.8) is 0 Å². The Kier molecular flexibility index (Phi) is 3.90. The van der Waals surface area contributed by atoms with E-state index in [1.807, 2.05) is 0 Å². The van der Waals surface area contributed by atoms with Gasteiger partial charge in [0.2, 0.25) is 5.82 Å². The van der Waals surface area contributed by atoms with Gasteiger partial charge in [-0.1, -0.05) is 18.2 Å². The number of anilines is 1. The molecule has 2 aromatic rings. The summed E-state index contributed by atoms with van der Waals surface area (Å²) in [6, 6.07) is 9.09. The number of hydrogen-bond donors (Lipinski definition) is 1. The molecule has 8 heteroatoms. The van der Waals surface area contributed by atoms with Crippen molar-refractivity contribution in [2.45, 2.75) is 11.8 Å². The maximum absolute atomic E-state index is 13.2. The van der Waals surface area contributed by atoms with Crippen LogP contribution in [-0.2, 0) is 10.0 Å². The Balaban J connectivity index is 2.43. The highest BCUT2D eigenvalue weighted by atomic mass is 32.2. The summed E-state index contributed by atoms with van der Waals surface area (Å²) >= 11 is 0. The molecule has 1 N–H and O–H groups in total. The van der Waals surface area contributed by atoms with E-state index in [-0.39, 0.29) is 4.90 Å². The first kappa shape index (κ1) is 14.9. The highest BCUT2D eigenvalue weighted by molar-refractivity contribution is 7.92. The summed E-state index contributed by atoms with van der Waals surface area (Å²) in [6.07, 6.45) is 0. The van der Waals surface area contributed by atoms with Crippen LogP contribution in [0.3, 0.4) is 0 Å². The first-order valence-electron chi connectivity index (χ1n) is 5.83. The SMILES string of the molecule is Cc1ccccc1NS(=O)(=O)c1ccc(F)c([N+](=O)[O-])c1. The van der Waals surface area contributed by atoms with Crippen molar-refractivity contribution in [1.29, 1.82) is 0 Å². The lowest BCUT2D eigenvalue weighted by molar-refractivity contribution is -0.387. The fraction of sp³-hybridized carbons (Fsp3) is 0.0769. The van der Waals surface area contributed by atoms with E-state index in [1.54, 1.807) is 31.2 Å². The molecule has 0 aromatic heterocycles. The van der Waals surface area contributed by atoms with E-state index in [0.717, 1.165) is 12.1 Å². The van der Waals surface area contributed by atoms with Crippen LogP contribution >= 0.6 is 0 Å². The van der Waals surface area contributed by atoms with Gasteiger partial charge in [-0.25, -0.2) is 8.42 Å². The van der Waals surface area contributed by atoms with E-state index in [4.69, 9.17) is 0 Å². The predicted molar refractivity (Wildman–Crippen MR) is 75.0 cm³/mol. The number of nitro groups is 1. The van der Waals surface area contributed by atoms with Crippen LogP contribution in [-0.4, -0.2) is 13.3 Å². The Bertz CT molecular complexity index is 806. The highest BCUT2D eigenvalue weighted by Gasteiger charge is 2.21. The van der Waals surface area contributed by atoms with E-state index in [2.05, 4.69) is 4.72 Å². The lowest BCUT2D eigenvalue weighted by Gasteiger charge is -2.10. The molecule has 2 aromatic carbocycles. The largest absolute Gasteiger partial charge is 0.306 e. The average Bonchev–Trinajstić information content (AvgIpc) is 2.41. The molecule has 2 rings (SSSR count). The number of aryl methyl sites for hydroxylation is 1. The molecule has 0 unspecified atom stereocenters. The quantitative estimate of drug-likeness (QED) is 0.694. The summed E-state index contributed by atoms with van der Waals surface area (Å²) < 4.78 is 39.9. The zero-order valence-electron chi connectivity index (χ0n) is 10.9. The second-order valence-corrected chi connectivity index (χ2v) is 5.97. The topological polar surface area (TPSA) is 89.3 Å². The van der Waals surface area contributed by atoms with Crippen molar-refractivity contribution in [2.24, 2.45) is 0 Å². The Morgan fingerprint density at radius 3 is 2.48 bits per heavy atom. The molecule has 0 aliphatic heterocycles. The van der Waals surface area contributed by atoms with Gasteiger partial charge in [-0.3, -0.25) is 14.8 Å². The summed E-state index contributed by atoms with van der Waals surface area (Å²) in [7, 11) is -4.03. The van der Waals surface area contributed by atoms with Gasteiger partial charge in [-0.05, 0) is 30.7 Å². The lowest BCUT2D eigenvalue weighted by Crippen LogP contribution is -2.14. The van der Waals surface area contributed by atoms with Crippen molar-refractivity contribution in [2.75, 3.05) is 4.72 Å². The second-order valence-electron chi connectivity index (χ2n) is 4.29. The van der Waals surface area contributed by atoms with Crippen LogP contribution in [0.25, 0.3) is 0 Å². The van der Waals surface area contributed by atoms with E-state index < -0.39 is 26.5 Å². The van der Waals surface area contributed by atoms with Crippen LogP contribution < -0.4 is 4.72 Å². The van der Waals surface area contributed by atoms with E-state index in [9.17, 15) is 22.9 Å². The third-order valence-electron chi connectivity index (χ3n) is 2.81. The Morgan fingerprint density at radius 2 is 1.86 bits per heavy atom. The minimum absolute atomic E-state index is 0.351. The normalized spacial score (nSPS) is 11.1. The molecule has 0 aliphatic carbocycles. The van der Waals surface area contributed by atoms with Gasteiger partial charge in [0.25, 0.3) is 10.0 Å². The van der Waals surface area contributed by atoms with Crippen molar-refractivity contribution in [3.05, 3.63) is 64.0 Å². The van der Waals surface area contributed by atoms with E-state index >= 15 is 0 Å². The first-order chi connectivity index (χ1) is 9.81. The van der Waals surface area contributed by atoms with Gasteiger partial charge in [-0.15, -0.1) is 0 Å². The molecule has 0 aliphatic rings. The van der Waals surface area contributed by atoms with Gasteiger partial charge in [0, 0.05) is 6.07 Å². The second kappa shape index (κ2) is 5.49. The molecule has 0 radical (unpaired) electrons. The fourth-order valence-corrected chi connectivity index (χ4v) is 2.84. The van der Waals surface area contributed by atoms with Crippen LogP contribution in [0.4, 0.5) is 15.8 Å². The summed E-state index contributed by atoms with van der Waals surface area (Å²) in [5.74, 6) is -1.09. The van der Waals surface area contributed by atoms with Crippen LogP contribution in [0.15, 0.2) is 47.4 Å². The molecular weight excluding hydrogens is 299 g/mol. The molecule has 110 valence electrons. The van der Waals surface area contributed by atoms with Gasteiger partial charge in [0.05, 0.1) is 15.5 Å². The third kappa shape index (κ3) is 3.16. The van der Waals surface area contributed by atoms with Crippen molar-refractivity contribution in [3.8, 4) is 0 Å². The number of nitrogens with zero attached hydrogens (tertiary/aromatic N) is 1. The minimum atomic E-state index is -4.03. The molecule has 0 bridgehead atoms. The molecule has 0 saturated heterocycles. The van der Waals surface area contributed by atoms with Gasteiger partial charge >= 0.3 is 5.69 Å². The zero-order chi connectivity index (χ0) is 15.6. The maximum Gasteiger partial charge on any atom is 0.306 e. The standard InChI is InChI=1S/C13H11FN2O4S/c1-9-4-2-3-5-12(9)15-21(19,20)10-6-7-11(14)13(8-10)16(17)18/h2-8,15H,1H3. The van der Waals surface area contributed by atoms with Crippen LogP contribution in [0, 0.1) is 22.9 Å². The average molecular weight is 310 g/mol. The van der Waals surface area contributed by atoms with Crippen molar-refractivity contribution in [1.82, 2.24) is 0 Å². The van der Waals surface area contributed by atoms with Gasteiger partial charge in [0.15, 0.2) is 0 Å². The molecule has 0 heterocycles. The van der Waals surface area contributed by atoms with Gasteiger partial charge in [-0.2, -0.15) is 4.39 Å². The van der Waals surface area contributed by atoms with Crippen LogP contribution in [0.1, 0.15) is 5.56 Å². The van der Waals surface area contributed by atoms with E-state index in [0.29, 0.717) is 17.3 Å². The Labute approximate surface area is 120 Å². The highest BCUT2D eigenvalue weighted by Crippen LogP contribution is 2.24. The number of nitro benzene ring substituents is 1. The maximum atomic E-state index is 13.2. The Hall–Kier alpha value is -2.48. The Morgan fingerprint density at radius 1 is 1.19 bits per heavy atom. The molecule has 0 amide bonds. The molecule has 6 nitrogen and oxygen atoms in total. The zero-order valence-corrected chi connectivity index (χ0v) is 11.7. The number of sulfonamides is 1. The molecule has 0 fully saturated rings. The van der Waals surface area contributed by atoms with Gasteiger partial charge in [0.1, 0.15) is 0 Å². The predicted octanol–water partition coefficient (Wildman–Crippen LogP) is 2.84. The summed E-state index contributed by atoms with van der Waals surface area (Å²) in [6.45, 7) is 1.71. The first-order valence-corrected chi connectivity index (χ1v) is 7.32. The number of benzene rings is 2. The number of rotatable bonds is 4. The van der Waals surface area contributed by atoms with Gasteiger partial charge < -0.3 is 0 Å². The van der Waals surface area contributed by atoms with Crippen molar-refractivity contribution >= 4 is 21.4 Å². The smallest absolute Gasteiger partial charge is 0.279 e. The number of hydrogen-bond acceptors (Lipinski definition) is 4. The van der Waals surface area contributed by atoms with Crippen molar-refractivity contribution < 1.29 is 17.7 Å². The third-order valence-corrected chi connectivity index (χ3v) is 4.18. The summed E-state index contributed by atoms with van der Waals surface area (Å²) in [4.78, 5) is 9.32. The minimum Gasteiger partial charge on any atom is -0.279 e. The number of nitrogens with one attached hydrogen (secondary N) is 1. The van der Waals surface area contributed by atoms with Crippen LogP contribution in [0.2, 0.25) is 0 Å². The molecule has 21 heavy (non-hydrogen) atoms. The number of halogens is 1. The van der Waals surface area contributed by atoms with Crippen LogP contribution in [0.5, 0.6) is 0 Å². The molecular formula is C13H11FN2O4S. The molecule has 0 atom stereocenters. The summed E-state index contributed by atoms with van der Waals surface area (Å²) in [5.41, 5.74) is 0.157. The summed E-state index contributed by atoms with van der Waals surface area (Å²) in [5, 5.41) is 10.7.